The topological polar surface area (TPSA) is 29.1 Å². The summed E-state index contributed by atoms with van der Waals surface area (Å²) in [6.07, 6.45) is 7.56. The van der Waals surface area contributed by atoms with E-state index in [4.69, 9.17) is 0 Å². The fourth-order valence-electron chi connectivity index (χ4n) is 3.38. The summed E-state index contributed by atoms with van der Waals surface area (Å²) in [5.41, 5.74) is -0.157. The SMILES string of the molecule is CCC(CC)(CBr)NC(=O)C1(CC(C)C)CCCC1. The van der Waals surface area contributed by atoms with E-state index >= 15 is 0 Å². The van der Waals surface area contributed by atoms with E-state index < -0.39 is 0 Å². The van der Waals surface area contributed by atoms with E-state index in [0.717, 1.165) is 37.4 Å². The van der Waals surface area contributed by atoms with E-state index in [2.05, 4.69) is 48.9 Å². The van der Waals surface area contributed by atoms with Crippen LogP contribution in [0.2, 0.25) is 0 Å². The van der Waals surface area contributed by atoms with Crippen molar-refractivity contribution in [3.05, 3.63) is 0 Å². The largest absolute Gasteiger partial charge is 0.349 e. The normalized spacial score (nSPS) is 18.8. The molecule has 0 bridgehead atoms. The van der Waals surface area contributed by atoms with E-state index in [1.807, 2.05) is 0 Å². The van der Waals surface area contributed by atoms with Gasteiger partial charge in [-0.15, -0.1) is 0 Å². The second kappa shape index (κ2) is 7.10. The number of hydrogen-bond acceptors (Lipinski definition) is 1. The number of carbonyl (C=O) groups is 1. The Kier molecular flexibility index (Phi) is 6.35. The molecule has 0 aliphatic heterocycles. The fraction of sp³-hybridized carbons (Fsp3) is 0.938. The monoisotopic (exact) mass is 331 g/mol. The third kappa shape index (κ3) is 3.96. The number of halogens is 1. The summed E-state index contributed by atoms with van der Waals surface area (Å²) >= 11 is 3.58. The summed E-state index contributed by atoms with van der Waals surface area (Å²) in [4.78, 5) is 12.9. The van der Waals surface area contributed by atoms with Gasteiger partial charge in [0.1, 0.15) is 0 Å². The first-order valence-corrected chi connectivity index (χ1v) is 8.94. The van der Waals surface area contributed by atoms with Crippen LogP contribution in [-0.4, -0.2) is 16.8 Å². The van der Waals surface area contributed by atoms with Gasteiger partial charge in [0.15, 0.2) is 0 Å². The van der Waals surface area contributed by atoms with Gasteiger partial charge in [-0.2, -0.15) is 0 Å². The molecule has 112 valence electrons. The molecule has 0 radical (unpaired) electrons. The smallest absolute Gasteiger partial charge is 0.226 e. The molecule has 0 atom stereocenters. The quantitative estimate of drug-likeness (QED) is 0.675. The van der Waals surface area contributed by atoms with Gasteiger partial charge in [-0.1, -0.05) is 56.5 Å². The molecule has 1 rings (SSSR count). The Balaban J connectivity index is 2.83. The molecule has 3 heteroatoms. The molecule has 1 fully saturated rings. The minimum absolute atomic E-state index is 0.0658. The van der Waals surface area contributed by atoms with Gasteiger partial charge in [0.25, 0.3) is 0 Å². The van der Waals surface area contributed by atoms with Crippen LogP contribution in [0.25, 0.3) is 0 Å². The van der Waals surface area contributed by atoms with Crippen molar-refractivity contribution in [1.29, 1.82) is 0 Å². The van der Waals surface area contributed by atoms with Crippen molar-refractivity contribution >= 4 is 21.8 Å². The van der Waals surface area contributed by atoms with Crippen LogP contribution >= 0.6 is 15.9 Å². The molecule has 0 unspecified atom stereocenters. The number of nitrogens with one attached hydrogen (secondary N) is 1. The third-order valence-electron chi connectivity index (χ3n) is 4.83. The number of alkyl halides is 1. The van der Waals surface area contributed by atoms with Crippen LogP contribution in [-0.2, 0) is 4.79 Å². The Hall–Kier alpha value is -0.0500. The molecule has 2 nitrogen and oxygen atoms in total. The van der Waals surface area contributed by atoms with Gasteiger partial charge in [0.05, 0.1) is 0 Å². The highest BCUT2D eigenvalue weighted by Crippen LogP contribution is 2.44. The van der Waals surface area contributed by atoms with E-state index in [1.165, 1.54) is 12.8 Å². The van der Waals surface area contributed by atoms with E-state index in [1.54, 1.807) is 0 Å². The first kappa shape index (κ1) is 17.0. The van der Waals surface area contributed by atoms with Gasteiger partial charge in [0, 0.05) is 16.3 Å². The number of amides is 1. The molecule has 1 aliphatic carbocycles. The van der Waals surface area contributed by atoms with Crippen LogP contribution in [0, 0.1) is 11.3 Å². The highest BCUT2D eigenvalue weighted by molar-refractivity contribution is 9.09. The van der Waals surface area contributed by atoms with Crippen LogP contribution in [0.4, 0.5) is 0 Å². The zero-order valence-electron chi connectivity index (χ0n) is 13.0. The lowest BCUT2D eigenvalue weighted by Crippen LogP contribution is -2.54. The predicted octanol–water partition coefficient (Wildman–Crippen LogP) is 4.66. The van der Waals surface area contributed by atoms with Crippen LogP contribution in [0.3, 0.4) is 0 Å². The van der Waals surface area contributed by atoms with Crippen LogP contribution in [0.5, 0.6) is 0 Å². The van der Waals surface area contributed by atoms with Crippen molar-refractivity contribution in [2.45, 2.75) is 78.2 Å². The first-order valence-electron chi connectivity index (χ1n) is 7.82. The van der Waals surface area contributed by atoms with Crippen LogP contribution in [0.15, 0.2) is 0 Å². The molecule has 0 heterocycles. The maximum absolute atomic E-state index is 12.9. The average Bonchev–Trinajstić information content (AvgIpc) is 2.85. The molecule has 0 aromatic rings. The highest BCUT2D eigenvalue weighted by atomic mass is 79.9. The van der Waals surface area contributed by atoms with Crippen molar-refractivity contribution < 1.29 is 4.79 Å². The molecule has 1 aliphatic rings. The number of hydrogen-bond donors (Lipinski definition) is 1. The minimum atomic E-state index is -0.0913. The molecule has 0 saturated heterocycles. The second-order valence-electron chi connectivity index (χ2n) is 6.66. The number of carbonyl (C=O) groups excluding carboxylic acids is 1. The first-order chi connectivity index (χ1) is 8.93. The Bertz CT molecular complexity index is 283. The molecule has 1 amide bonds. The third-order valence-corrected chi connectivity index (χ3v) is 5.90. The molecule has 19 heavy (non-hydrogen) atoms. The van der Waals surface area contributed by atoms with Crippen molar-refractivity contribution in [2.24, 2.45) is 11.3 Å². The summed E-state index contributed by atoms with van der Waals surface area (Å²) in [7, 11) is 0. The van der Waals surface area contributed by atoms with Gasteiger partial charge < -0.3 is 5.32 Å². The Morgan fingerprint density at radius 2 is 1.79 bits per heavy atom. The van der Waals surface area contributed by atoms with Gasteiger partial charge in [-0.25, -0.2) is 0 Å². The van der Waals surface area contributed by atoms with Crippen LogP contribution < -0.4 is 5.32 Å². The Labute approximate surface area is 127 Å². The zero-order valence-corrected chi connectivity index (χ0v) is 14.6. The molecule has 1 N–H and O–H groups in total. The van der Waals surface area contributed by atoms with Gasteiger partial charge >= 0.3 is 0 Å². The summed E-state index contributed by atoms with van der Waals surface area (Å²) in [6.45, 7) is 8.78. The molecular formula is C16H30BrNO. The lowest BCUT2D eigenvalue weighted by Gasteiger charge is -2.37. The lowest BCUT2D eigenvalue weighted by atomic mass is 9.77. The average molecular weight is 332 g/mol. The highest BCUT2D eigenvalue weighted by Gasteiger charge is 2.43. The van der Waals surface area contributed by atoms with E-state index in [-0.39, 0.29) is 11.0 Å². The van der Waals surface area contributed by atoms with Gasteiger partial charge in [0.2, 0.25) is 5.91 Å². The molecule has 0 spiro atoms. The summed E-state index contributed by atoms with van der Waals surface area (Å²) in [5.74, 6) is 0.896. The fourth-order valence-corrected chi connectivity index (χ4v) is 4.31. The molecule has 0 aromatic heterocycles. The lowest BCUT2D eigenvalue weighted by molar-refractivity contribution is -0.133. The zero-order chi connectivity index (χ0) is 14.5. The van der Waals surface area contributed by atoms with E-state index in [9.17, 15) is 4.79 Å². The predicted molar refractivity (Wildman–Crippen MR) is 85.6 cm³/mol. The van der Waals surface area contributed by atoms with Gasteiger partial charge in [-0.05, 0) is 38.0 Å². The summed E-state index contributed by atoms with van der Waals surface area (Å²) < 4.78 is 0. The van der Waals surface area contributed by atoms with Crippen molar-refractivity contribution in [3.63, 3.8) is 0 Å². The Morgan fingerprint density at radius 3 is 2.16 bits per heavy atom. The van der Waals surface area contributed by atoms with Crippen molar-refractivity contribution in [2.75, 3.05) is 5.33 Å². The molecular weight excluding hydrogens is 302 g/mol. The van der Waals surface area contributed by atoms with E-state index in [0.29, 0.717) is 11.8 Å². The maximum atomic E-state index is 12.9. The second-order valence-corrected chi connectivity index (χ2v) is 7.22. The minimum Gasteiger partial charge on any atom is -0.349 e. The maximum Gasteiger partial charge on any atom is 0.226 e. The molecule has 1 saturated carbocycles. The molecule has 0 aromatic carbocycles. The van der Waals surface area contributed by atoms with Crippen molar-refractivity contribution in [1.82, 2.24) is 5.32 Å². The summed E-state index contributed by atoms with van der Waals surface area (Å²) in [6, 6.07) is 0. The van der Waals surface area contributed by atoms with Crippen LogP contribution in [0.1, 0.15) is 72.6 Å². The van der Waals surface area contributed by atoms with Gasteiger partial charge in [-0.3, -0.25) is 4.79 Å². The summed E-state index contributed by atoms with van der Waals surface area (Å²) in [5, 5.41) is 4.23. The number of rotatable bonds is 7. The van der Waals surface area contributed by atoms with Crippen molar-refractivity contribution in [3.8, 4) is 0 Å². The standard InChI is InChI=1S/C16H30BrNO/c1-5-16(6-2,12-17)18-14(19)15(11-13(3)4)9-7-8-10-15/h13H,5-12H2,1-4H3,(H,18,19). The Morgan fingerprint density at radius 1 is 1.26 bits per heavy atom.